The molecule has 0 amide bonds. The third kappa shape index (κ3) is 3.50. The number of benzene rings is 1. The molecule has 0 bridgehead atoms. The monoisotopic (exact) mass is 291 g/mol. The largest absolute Gasteiger partial charge is 0.467 e. The summed E-state index contributed by atoms with van der Waals surface area (Å²) in [5.41, 5.74) is 8.77. The number of anilines is 1. The van der Waals surface area contributed by atoms with Crippen molar-refractivity contribution < 1.29 is 14.2 Å². The zero-order chi connectivity index (χ0) is 14.8. The van der Waals surface area contributed by atoms with E-state index >= 15 is 0 Å². The molecular weight excluding hydrogens is 266 g/mol. The predicted octanol–water partition coefficient (Wildman–Crippen LogP) is 3.48. The van der Waals surface area contributed by atoms with Crippen LogP contribution in [0.1, 0.15) is 44.2 Å². The number of fused-ring (bicyclic) bond motifs is 1. The number of nitrogen functional groups attached to an aromatic ring is 1. The second kappa shape index (κ2) is 6.24. The van der Waals surface area contributed by atoms with Gasteiger partial charge in [-0.15, -0.1) is 0 Å². The first-order chi connectivity index (χ1) is 10.1. The van der Waals surface area contributed by atoms with E-state index in [4.69, 9.17) is 19.9 Å². The van der Waals surface area contributed by atoms with Gasteiger partial charge in [0.25, 0.3) is 0 Å². The van der Waals surface area contributed by atoms with E-state index < -0.39 is 0 Å². The molecule has 0 radical (unpaired) electrons. The van der Waals surface area contributed by atoms with Crippen LogP contribution >= 0.6 is 0 Å². The van der Waals surface area contributed by atoms with Crippen LogP contribution in [0.2, 0.25) is 0 Å². The van der Waals surface area contributed by atoms with Gasteiger partial charge in [0.2, 0.25) is 0 Å². The smallest absolute Gasteiger partial charge is 0.189 e. The van der Waals surface area contributed by atoms with Gasteiger partial charge in [0.05, 0.1) is 19.3 Å². The second-order valence-corrected chi connectivity index (χ2v) is 6.63. The van der Waals surface area contributed by atoms with Gasteiger partial charge in [0.1, 0.15) is 5.75 Å². The summed E-state index contributed by atoms with van der Waals surface area (Å²) in [6, 6.07) is 3.88. The van der Waals surface area contributed by atoms with Crippen LogP contribution in [-0.4, -0.2) is 12.9 Å². The Kier molecular flexibility index (Phi) is 4.36. The lowest BCUT2D eigenvalue weighted by Gasteiger charge is -2.31. The fourth-order valence-corrected chi connectivity index (χ4v) is 3.65. The minimum absolute atomic E-state index is 0.307. The number of hydrogen-bond donors (Lipinski definition) is 1. The normalized spacial score (nSPS) is 28.8. The lowest BCUT2D eigenvalue weighted by Crippen LogP contribution is -2.26. The van der Waals surface area contributed by atoms with Crippen molar-refractivity contribution in [2.45, 2.75) is 52.4 Å². The Balaban J connectivity index is 1.69. The maximum Gasteiger partial charge on any atom is 0.189 e. The zero-order valence-corrected chi connectivity index (χ0v) is 12.9. The zero-order valence-electron chi connectivity index (χ0n) is 12.9. The van der Waals surface area contributed by atoms with E-state index in [0.29, 0.717) is 26.1 Å². The molecule has 116 valence electrons. The van der Waals surface area contributed by atoms with Crippen molar-refractivity contribution in [1.82, 2.24) is 0 Å². The second-order valence-electron chi connectivity index (χ2n) is 6.63. The van der Waals surface area contributed by atoms with E-state index in [1.54, 1.807) is 0 Å². The van der Waals surface area contributed by atoms with Crippen molar-refractivity contribution in [2.75, 3.05) is 12.5 Å². The molecule has 21 heavy (non-hydrogen) atoms. The van der Waals surface area contributed by atoms with Crippen LogP contribution in [0.3, 0.4) is 0 Å². The van der Waals surface area contributed by atoms with Crippen LogP contribution in [-0.2, 0) is 22.7 Å². The number of hydrogen-bond acceptors (Lipinski definition) is 4. The fourth-order valence-electron chi connectivity index (χ4n) is 3.65. The topological polar surface area (TPSA) is 53.7 Å². The Morgan fingerprint density at radius 3 is 2.71 bits per heavy atom. The summed E-state index contributed by atoms with van der Waals surface area (Å²) in [5.74, 6) is 2.39. The molecule has 0 aromatic heterocycles. The van der Waals surface area contributed by atoms with Crippen molar-refractivity contribution >= 4 is 5.69 Å². The first-order valence-corrected chi connectivity index (χ1v) is 7.85. The van der Waals surface area contributed by atoms with Crippen molar-refractivity contribution in [2.24, 2.45) is 11.8 Å². The standard InChI is InChI=1S/C17H25NO3/c1-11-3-12(2)5-16(4-11)20-9-14-7-15(18)6-13-8-19-10-21-17(13)14/h6-7,11-12,16H,3-5,8-10,18H2,1-2H3. The van der Waals surface area contributed by atoms with Gasteiger partial charge >= 0.3 is 0 Å². The molecule has 2 N–H and O–H groups in total. The summed E-state index contributed by atoms with van der Waals surface area (Å²) in [5, 5.41) is 0. The molecular formula is C17H25NO3. The number of ether oxygens (including phenoxy) is 3. The Labute approximate surface area is 126 Å². The fraction of sp³-hybridized carbons (Fsp3) is 0.647. The molecule has 2 atom stereocenters. The van der Waals surface area contributed by atoms with E-state index in [2.05, 4.69) is 13.8 Å². The van der Waals surface area contributed by atoms with Gasteiger partial charge in [-0.3, -0.25) is 0 Å². The molecule has 0 saturated heterocycles. The summed E-state index contributed by atoms with van der Waals surface area (Å²) < 4.78 is 17.1. The average Bonchev–Trinajstić information content (AvgIpc) is 2.43. The van der Waals surface area contributed by atoms with Crippen molar-refractivity contribution in [3.05, 3.63) is 23.3 Å². The molecule has 3 rings (SSSR count). The first kappa shape index (κ1) is 14.7. The summed E-state index contributed by atoms with van der Waals surface area (Å²) in [6.45, 7) is 6.06. The lowest BCUT2D eigenvalue weighted by atomic mass is 9.82. The van der Waals surface area contributed by atoms with Gasteiger partial charge < -0.3 is 19.9 Å². The van der Waals surface area contributed by atoms with E-state index in [1.165, 1.54) is 6.42 Å². The number of rotatable bonds is 3. The van der Waals surface area contributed by atoms with Crippen LogP contribution in [0.4, 0.5) is 5.69 Å². The summed E-state index contributed by atoms with van der Waals surface area (Å²) in [4.78, 5) is 0. The quantitative estimate of drug-likeness (QED) is 0.866. The SMILES string of the molecule is CC1CC(C)CC(OCc2cc(N)cc3c2OCOC3)C1. The minimum Gasteiger partial charge on any atom is -0.467 e. The van der Waals surface area contributed by atoms with Gasteiger partial charge in [-0.05, 0) is 43.2 Å². The van der Waals surface area contributed by atoms with Crippen LogP contribution in [0.5, 0.6) is 5.75 Å². The van der Waals surface area contributed by atoms with Gasteiger partial charge in [-0.2, -0.15) is 0 Å². The van der Waals surface area contributed by atoms with Crippen LogP contribution < -0.4 is 10.5 Å². The predicted molar refractivity (Wildman–Crippen MR) is 81.9 cm³/mol. The summed E-state index contributed by atoms with van der Waals surface area (Å²) >= 11 is 0. The van der Waals surface area contributed by atoms with Crippen LogP contribution in [0, 0.1) is 11.8 Å². The highest BCUT2D eigenvalue weighted by Crippen LogP contribution is 2.34. The number of nitrogens with two attached hydrogens (primary N) is 1. The summed E-state index contributed by atoms with van der Waals surface area (Å²) in [7, 11) is 0. The molecule has 4 nitrogen and oxygen atoms in total. The Bertz CT molecular complexity index is 493. The van der Waals surface area contributed by atoms with E-state index in [1.807, 2.05) is 12.1 Å². The van der Waals surface area contributed by atoms with Crippen molar-refractivity contribution in [1.29, 1.82) is 0 Å². The third-order valence-corrected chi connectivity index (χ3v) is 4.42. The maximum atomic E-state index is 6.15. The van der Waals surface area contributed by atoms with E-state index in [-0.39, 0.29) is 0 Å². The highest BCUT2D eigenvalue weighted by Gasteiger charge is 2.25. The van der Waals surface area contributed by atoms with Crippen LogP contribution in [0.25, 0.3) is 0 Å². The Morgan fingerprint density at radius 2 is 1.95 bits per heavy atom. The molecule has 4 heteroatoms. The Hall–Kier alpha value is -1.26. The molecule has 1 aromatic rings. The highest BCUT2D eigenvalue weighted by atomic mass is 16.7. The summed E-state index contributed by atoms with van der Waals surface area (Å²) in [6.07, 6.45) is 3.96. The third-order valence-electron chi connectivity index (χ3n) is 4.42. The lowest BCUT2D eigenvalue weighted by molar-refractivity contribution is -0.0258. The molecule has 1 aliphatic heterocycles. The molecule has 2 unspecified atom stereocenters. The molecule has 1 saturated carbocycles. The molecule has 0 spiro atoms. The molecule has 1 aromatic carbocycles. The maximum absolute atomic E-state index is 6.15. The molecule has 1 fully saturated rings. The van der Waals surface area contributed by atoms with Crippen molar-refractivity contribution in [3.63, 3.8) is 0 Å². The molecule has 2 aliphatic rings. The Morgan fingerprint density at radius 1 is 1.19 bits per heavy atom. The van der Waals surface area contributed by atoms with Gasteiger partial charge in [-0.25, -0.2) is 0 Å². The molecule has 1 aliphatic carbocycles. The van der Waals surface area contributed by atoms with E-state index in [9.17, 15) is 0 Å². The van der Waals surface area contributed by atoms with Gasteiger partial charge in [-0.1, -0.05) is 13.8 Å². The van der Waals surface area contributed by atoms with E-state index in [0.717, 1.165) is 47.2 Å². The van der Waals surface area contributed by atoms with Gasteiger partial charge in [0.15, 0.2) is 6.79 Å². The van der Waals surface area contributed by atoms with Crippen molar-refractivity contribution in [3.8, 4) is 5.75 Å². The minimum atomic E-state index is 0.307. The van der Waals surface area contributed by atoms with Gasteiger partial charge in [0, 0.05) is 16.8 Å². The average molecular weight is 291 g/mol. The molecule has 1 heterocycles. The van der Waals surface area contributed by atoms with Crippen LogP contribution in [0.15, 0.2) is 12.1 Å². The first-order valence-electron chi connectivity index (χ1n) is 7.85. The highest BCUT2D eigenvalue weighted by molar-refractivity contribution is 5.53.